The summed E-state index contributed by atoms with van der Waals surface area (Å²) in [6.45, 7) is 1.31. The molecule has 3 rings (SSSR count). The molecule has 23 heavy (non-hydrogen) atoms. The molecule has 1 aromatic rings. The molecule has 2 heterocycles. The van der Waals surface area contributed by atoms with Gasteiger partial charge in [0, 0.05) is 31.2 Å². The maximum atomic E-state index is 12.1. The van der Waals surface area contributed by atoms with Crippen LogP contribution in [0, 0.1) is 0 Å². The summed E-state index contributed by atoms with van der Waals surface area (Å²) < 4.78 is 11.7. The zero-order valence-electron chi connectivity index (χ0n) is 12.9. The first-order chi connectivity index (χ1) is 11.1. The molecule has 2 aliphatic rings. The Morgan fingerprint density at radius 3 is 2.70 bits per heavy atom. The first kappa shape index (κ1) is 15.8. The number of hydrogen-bond acceptors (Lipinski definition) is 4. The monoisotopic (exact) mass is 319 g/mol. The second kappa shape index (κ2) is 6.58. The minimum Gasteiger partial charge on any atom is -0.487 e. The van der Waals surface area contributed by atoms with Crippen molar-refractivity contribution in [2.75, 3.05) is 13.2 Å². The summed E-state index contributed by atoms with van der Waals surface area (Å²) in [6, 6.07) is 7.55. The molecule has 0 unspecified atom stereocenters. The van der Waals surface area contributed by atoms with Gasteiger partial charge in [-0.05, 0) is 6.07 Å². The quantitative estimate of drug-likeness (QED) is 0.887. The second-order valence-electron chi connectivity index (χ2n) is 6.15. The Balaban J connectivity index is 1.77. The number of carbonyl (C=O) groups excluding carboxylic acids is 1. The van der Waals surface area contributed by atoms with E-state index in [1.54, 1.807) is 0 Å². The summed E-state index contributed by atoms with van der Waals surface area (Å²) in [5, 5.41) is 11.7. The highest BCUT2D eigenvalue weighted by Crippen LogP contribution is 2.43. The lowest BCUT2D eigenvalue weighted by molar-refractivity contribution is -0.139. The van der Waals surface area contributed by atoms with Crippen LogP contribution in [-0.4, -0.2) is 35.8 Å². The van der Waals surface area contributed by atoms with Crippen LogP contribution in [0.15, 0.2) is 24.3 Å². The van der Waals surface area contributed by atoms with Crippen molar-refractivity contribution in [1.29, 1.82) is 0 Å². The predicted molar refractivity (Wildman–Crippen MR) is 82.2 cm³/mol. The molecule has 0 radical (unpaired) electrons. The van der Waals surface area contributed by atoms with Crippen LogP contribution < -0.4 is 10.1 Å². The number of rotatable bonds is 4. The molecule has 6 heteroatoms. The van der Waals surface area contributed by atoms with Crippen LogP contribution in [0.25, 0.3) is 0 Å². The van der Waals surface area contributed by atoms with Gasteiger partial charge in [0.2, 0.25) is 5.91 Å². The van der Waals surface area contributed by atoms with Crippen LogP contribution in [0.3, 0.4) is 0 Å². The topological polar surface area (TPSA) is 84.9 Å². The largest absolute Gasteiger partial charge is 0.487 e. The number of carboxylic acids is 1. The fourth-order valence-electron chi connectivity index (χ4n) is 3.28. The van der Waals surface area contributed by atoms with Crippen molar-refractivity contribution in [3.05, 3.63) is 29.8 Å². The van der Waals surface area contributed by atoms with Crippen molar-refractivity contribution in [3.8, 4) is 5.75 Å². The number of aliphatic carboxylic acids is 1. The first-order valence-corrected chi connectivity index (χ1v) is 7.95. The number of carboxylic acid groups (broad SMARTS) is 1. The van der Waals surface area contributed by atoms with E-state index >= 15 is 0 Å². The SMILES string of the molecule is O=C(O)CCC(=O)N[C@H]1CC2(CCOCC2)Oc2ccccc21. The average molecular weight is 319 g/mol. The molecule has 1 fully saturated rings. The Morgan fingerprint density at radius 1 is 1.22 bits per heavy atom. The molecule has 6 nitrogen and oxygen atoms in total. The van der Waals surface area contributed by atoms with Crippen LogP contribution in [0.4, 0.5) is 0 Å². The van der Waals surface area contributed by atoms with Crippen molar-refractivity contribution in [2.45, 2.75) is 43.7 Å². The van der Waals surface area contributed by atoms with Gasteiger partial charge in [-0.15, -0.1) is 0 Å². The minimum absolute atomic E-state index is 0.00896. The van der Waals surface area contributed by atoms with Gasteiger partial charge >= 0.3 is 5.97 Å². The summed E-state index contributed by atoms with van der Waals surface area (Å²) in [6.07, 6.45) is 2.11. The number of amides is 1. The van der Waals surface area contributed by atoms with Crippen molar-refractivity contribution >= 4 is 11.9 Å². The summed E-state index contributed by atoms with van der Waals surface area (Å²) in [5.41, 5.74) is 0.644. The molecule has 1 atom stereocenters. The van der Waals surface area contributed by atoms with Gasteiger partial charge in [-0.1, -0.05) is 18.2 Å². The molecule has 0 aliphatic carbocycles. The van der Waals surface area contributed by atoms with E-state index in [9.17, 15) is 9.59 Å². The molecule has 0 aromatic heterocycles. The van der Waals surface area contributed by atoms with E-state index in [4.69, 9.17) is 14.6 Å². The molecule has 1 spiro atoms. The first-order valence-electron chi connectivity index (χ1n) is 7.95. The summed E-state index contributed by atoms with van der Waals surface area (Å²) in [5.74, 6) is -0.408. The van der Waals surface area contributed by atoms with Crippen LogP contribution in [0.1, 0.15) is 43.7 Å². The Kier molecular flexibility index (Phi) is 4.52. The zero-order valence-corrected chi connectivity index (χ0v) is 12.9. The number of ether oxygens (including phenoxy) is 2. The number of benzene rings is 1. The molecule has 2 aliphatic heterocycles. The van der Waals surface area contributed by atoms with Crippen LogP contribution >= 0.6 is 0 Å². The molecule has 1 saturated heterocycles. The molecule has 124 valence electrons. The number of hydrogen-bond donors (Lipinski definition) is 2. The highest BCUT2D eigenvalue weighted by molar-refractivity contribution is 5.81. The maximum Gasteiger partial charge on any atom is 0.303 e. The highest BCUT2D eigenvalue weighted by Gasteiger charge is 2.42. The number of carbonyl (C=O) groups is 2. The van der Waals surface area contributed by atoms with E-state index in [-0.39, 0.29) is 30.4 Å². The maximum absolute atomic E-state index is 12.1. The number of para-hydroxylation sites is 1. The van der Waals surface area contributed by atoms with Crippen molar-refractivity contribution in [2.24, 2.45) is 0 Å². The summed E-state index contributed by atoms with van der Waals surface area (Å²) in [4.78, 5) is 22.7. The lowest BCUT2D eigenvalue weighted by Crippen LogP contribution is -2.48. The predicted octanol–water partition coefficient (Wildman–Crippen LogP) is 2.04. The number of fused-ring (bicyclic) bond motifs is 1. The average Bonchev–Trinajstić information content (AvgIpc) is 2.53. The van der Waals surface area contributed by atoms with Crippen LogP contribution in [0.2, 0.25) is 0 Å². The van der Waals surface area contributed by atoms with Gasteiger partial charge in [-0.3, -0.25) is 9.59 Å². The molecule has 2 N–H and O–H groups in total. The highest BCUT2D eigenvalue weighted by atomic mass is 16.5. The lowest BCUT2D eigenvalue weighted by Gasteiger charge is -2.44. The van der Waals surface area contributed by atoms with E-state index in [1.165, 1.54) is 0 Å². The van der Waals surface area contributed by atoms with E-state index in [1.807, 2.05) is 24.3 Å². The van der Waals surface area contributed by atoms with Gasteiger partial charge in [-0.25, -0.2) is 0 Å². The second-order valence-corrected chi connectivity index (χ2v) is 6.15. The van der Waals surface area contributed by atoms with E-state index in [0.29, 0.717) is 19.6 Å². The molecule has 0 saturated carbocycles. The number of nitrogens with one attached hydrogen (secondary N) is 1. The Labute approximate surface area is 134 Å². The van der Waals surface area contributed by atoms with Crippen molar-refractivity contribution < 1.29 is 24.2 Å². The third-order valence-electron chi connectivity index (χ3n) is 4.50. The fourth-order valence-corrected chi connectivity index (χ4v) is 3.28. The van der Waals surface area contributed by atoms with Crippen LogP contribution in [-0.2, 0) is 14.3 Å². The van der Waals surface area contributed by atoms with Crippen LogP contribution in [0.5, 0.6) is 5.75 Å². The van der Waals surface area contributed by atoms with Gasteiger partial charge < -0.3 is 19.9 Å². The van der Waals surface area contributed by atoms with Gasteiger partial charge in [0.15, 0.2) is 0 Å². The summed E-state index contributed by atoms with van der Waals surface area (Å²) >= 11 is 0. The Hall–Kier alpha value is -2.08. The smallest absolute Gasteiger partial charge is 0.303 e. The summed E-state index contributed by atoms with van der Waals surface area (Å²) in [7, 11) is 0. The molecule has 1 aromatic carbocycles. The van der Waals surface area contributed by atoms with Crippen molar-refractivity contribution in [3.63, 3.8) is 0 Å². The van der Waals surface area contributed by atoms with E-state index in [2.05, 4.69) is 5.32 Å². The van der Waals surface area contributed by atoms with Gasteiger partial charge in [0.1, 0.15) is 11.4 Å². The fraction of sp³-hybridized carbons (Fsp3) is 0.529. The van der Waals surface area contributed by atoms with E-state index in [0.717, 1.165) is 24.2 Å². The van der Waals surface area contributed by atoms with Gasteiger partial charge in [0.25, 0.3) is 0 Å². The third-order valence-corrected chi connectivity index (χ3v) is 4.50. The zero-order chi connectivity index (χ0) is 16.3. The Bertz CT molecular complexity index is 594. The minimum atomic E-state index is -0.964. The lowest BCUT2D eigenvalue weighted by atomic mass is 9.82. The molecule has 1 amide bonds. The van der Waals surface area contributed by atoms with E-state index < -0.39 is 5.97 Å². The normalized spacial score (nSPS) is 22.0. The third kappa shape index (κ3) is 3.64. The molecule has 0 bridgehead atoms. The Morgan fingerprint density at radius 2 is 1.96 bits per heavy atom. The van der Waals surface area contributed by atoms with Gasteiger partial charge in [0.05, 0.1) is 25.7 Å². The molecular weight excluding hydrogens is 298 g/mol. The standard InChI is InChI=1S/C17H21NO5/c19-15(5-6-16(20)21)18-13-11-17(7-9-22-10-8-17)23-14-4-2-1-3-12(13)14/h1-4,13H,5-11H2,(H,18,19)(H,20,21)/t13-/m0/s1. The van der Waals surface area contributed by atoms with Crippen molar-refractivity contribution in [1.82, 2.24) is 5.32 Å². The van der Waals surface area contributed by atoms with Gasteiger partial charge in [-0.2, -0.15) is 0 Å². The molecular formula is C17H21NO5.